The predicted octanol–water partition coefficient (Wildman–Crippen LogP) is 5.10. The predicted molar refractivity (Wildman–Crippen MR) is 129 cm³/mol. The summed E-state index contributed by atoms with van der Waals surface area (Å²) in [6.45, 7) is 0.340. The van der Waals surface area contributed by atoms with Gasteiger partial charge >= 0.3 is 0 Å². The molecule has 5 nitrogen and oxygen atoms in total. The number of carbonyl (C=O) groups is 3. The van der Waals surface area contributed by atoms with Crippen molar-refractivity contribution in [3.63, 3.8) is 0 Å². The molecule has 0 spiro atoms. The molecule has 1 heterocycles. The second-order valence-corrected chi connectivity index (χ2v) is 9.37. The minimum Gasteiger partial charge on any atom is -0.326 e. The van der Waals surface area contributed by atoms with Crippen LogP contribution in [0.3, 0.4) is 0 Å². The molecule has 0 aromatic heterocycles. The van der Waals surface area contributed by atoms with Gasteiger partial charge in [-0.05, 0) is 103 Å². The van der Waals surface area contributed by atoms with Gasteiger partial charge in [0.2, 0.25) is 5.91 Å². The first kappa shape index (κ1) is 22.6. The summed E-state index contributed by atoms with van der Waals surface area (Å²) in [5.74, 6) is -1.52. The SMILES string of the molecule is O=C1CC(N(CCC2=CCCCC2)C(=O)c2ccc(F)cc2)C(=O)N1c1ccc(I)cc1. The molecule has 4 rings (SSSR count). The van der Waals surface area contributed by atoms with Crippen molar-refractivity contribution in [1.29, 1.82) is 0 Å². The summed E-state index contributed by atoms with van der Waals surface area (Å²) in [5.41, 5.74) is 2.09. The van der Waals surface area contributed by atoms with Gasteiger partial charge in [0.25, 0.3) is 11.8 Å². The van der Waals surface area contributed by atoms with Gasteiger partial charge in [0.05, 0.1) is 12.1 Å². The summed E-state index contributed by atoms with van der Waals surface area (Å²) in [4.78, 5) is 42.1. The van der Waals surface area contributed by atoms with Crippen LogP contribution in [-0.4, -0.2) is 35.2 Å². The van der Waals surface area contributed by atoms with Crippen LogP contribution in [0.15, 0.2) is 60.2 Å². The molecule has 166 valence electrons. The highest BCUT2D eigenvalue weighted by molar-refractivity contribution is 14.1. The number of imide groups is 1. The van der Waals surface area contributed by atoms with Gasteiger partial charge in [0.15, 0.2) is 0 Å². The van der Waals surface area contributed by atoms with E-state index in [2.05, 4.69) is 28.7 Å². The molecule has 32 heavy (non-hydrogen) atoms. The third-order valence-electron chi connectivity index (χ3n) is 5.99. The lowest BCUT2D eigenvalue weighted by Crippen LogP contribution is -2.46. The number of allylic oxidation sites excluding steroid dienone is 1. The number of amides is 3. The standard InChI is InChI=1S/C25H24FIN2O3/c26-19-8-6-18(7-9-19)24(31)28(15-14-17-4-2-1-3-5-17)22-16-23(30)29(25(22)32)21-12-10-20(27)11-13-21/h4,6-13,22H,1-3,5,14-16H2. The summed E-state index contributed by atoms with van der Waals surface area (Å²) >= 11 is 2.16. The first-order chi connectivity index (χ1) is 15.4. The normalized spacial score (nSPS) is 18.6. The van der Waals surface area contributed by atoms with Crippen molar-refractivity contribution < 1.29 is 18.8 Å². The fraction of sp³-hybridized carbons (Fsp3) is 0.320. The Hall–Kier alpha value is -2.55. The number of nitrogens with zero attached hydrogens (tertiary/aromatic N) is 2. The lowest BCUT2D eigenvalue weighted by molar-refractivity contribution is -0.122. The first-order valence-electron chi connectivity index (χ1n) is 10.8. The molecule has 0 N–H and O–H groups in total. The molecular weight excluding hydrogens is 522 g/mol. The number of benzene rings is 2. The molecular formula is C25H24FIN2O3. The molecule has 1 aliphatic carbocycles. The molecule has 1 fully saturated rings. The fourth-order valence-corrected chi connectivity index (χ4v) is 4.63. The van der Waals surface area contributed by atoms with Crippen LogP contribution < -0.4 is 4.90 Å². The Balaban J connectivity index is 1.60. The maximum atomic E-state index is 13.4. The molecule has 3 amide bonds. The molecule has 2 aromatic carbocycles. The Morgan fingerprint density at radius 2 is 1.78 bits per heavy atom. The maximum absolute atomic E-state index is 13.4. The van der Waals surface area contributed by atoms with E-state index in [1.54, 1.807) is 12.1 Å². The number of hydrogen-bond acceptors (Lipinski definition) is 3. The van der Waals surface area contributed by atoms with Crippen molar-refractivity contribution in [3.8, 4) is 0 Å². The van der Waals surface area contributed by atoms with E-state index in [4.69, 9.17) is 0 Å². The van der Waals surface area contributed by atoms with Crippen LogP contribution in [0.1, 0.15) is 48.9 Å². The quantitative estimate of drug-likeness (QED) is 0.288. The Labute approximate surface area is 200 Å². The van der Waals surface area contributed by atoms with Crippen LogP contribution in [0.4, 0.5) is 10.1 Å². The van der Waals surface area contributed by atoms with E-state index in [0.717, 1.165) is 22.8 Å². The van der Waals surface area contributed by atoms with E-state index >= 15 is 0 Å². The van der Waals surface area contributed by atoms with Crippen molar-refractivity contribution >= 4 is 46.0 Å². The highest BCUT2D eigenvalue weighted by Gasteiger charge is 2.44. The molecule has 1 unspecified atom stereocenters. The zero-order valence-electron chi connectivity index (χ0n) is 17.6. The van der Waals surface area contributed by atoms with E-state index in [1.165, 1.54) is 46.1 Å². The average Bonchev–Trinajstić information content (AvgIpc) is 3.09. The van der Waals surface area contributed by atoms with Gasteiger partial charge in [-0.25, -0.2) is 9.29 Å². The molecule has 1 atom stereocenters. The molecule has 0 saturated carbocycles. The van der Waals surface area contributed by atoms with Crippen LogP contribution in [0.5, 0.6) is 0 Å². The number of hydrogen-bond donors (Lipinski definition) is 0. The molecule has 1 aliphatic heterocycles. The molecule has 2 aliphatic rings. The van der Waals surface area contributed by atoms with Crippen LogP contribution in [-0.2, 0) is 9.59 Å². The second kappa shape index (κ2) is 9.94. The number of carbonyl (C=O) groups excluding carboxylic acids is 3. The zero-order chi connectivity index (χ0) is 22.7. The minimum atomic E-state index is -0.872. The van der Waals surface area contributed by atoms with Crippen molar-refractivity contribution in [1.82, 2.24) is 4.90 Å². The summed E-state index contributed by atoms with van der Waals surface area (Å²) in [7, 11) is 0. The Morgan fingerprint density at radius 3 is 2.44 bits per heavy atom. The minimum absolute atomic E-state index is 0.0587. The van der Waals surface area contributed by atoms with Crippen LogP contribution in [0, 0.1) is 9.39 Å². The first-order valence-corrected chi connectivity index (χ1v) is 11.9. The van der Waals surface area contributed by atoms with Crippen molar-refractivity contribution in [2.45, 2.75) is 44.6 Å². The van der Waals surface area contributed by atoms with E-state index in [1.807, 2.05) is 12.1 Å². The van der Waals surface area contributed by atoms with Gasteiger partial charge in [-0.3, -0.25) is 14.4 Å². The monoisotopic (exact) mass is 546 g/mol. The van der Waals surface area contributed by atoms with Crippen LogP contribution in [0.2, 0.25) is 0 Å². The third kappa shape index (κ3) is 4.92. The Bertz CT molecular complexity index is 1050. The highest BCUT2D eigenvalue weighted by Crippen LogP contribution is 2.28. The van der Waals surface area contributed by atoms with Crippen LogP contribution in [0.25, 0.3) is 0 Å². The van der Waals surface area contributed by atoms with Crippen LogP contribution >= 0.6 is 22.6 Å². The Kier molecular flexibility index (Phi) is 7.03. The molecule has 2 aromatic rings. The molecule has 0 radical (unpaired) electrons. The van der Waals surface area contributed by atoms with Crippen molar-refractivity contribution in [3.05, 3.63) is 75.1 Å². The van der Waals surface area contributed by atoms with E-state index in [-0.39, 0.29) is 18.2 Å². The average molecular weight is 546 g/mol. The van der Waals surface area contributed by atoms with E-state index < -0.39 is 17.8 Å². The second-order valence-electron chi connectivity index (χ2n) is 8.13. The smallest absolute Gasteiger partial charge is 0.257 e. The Morgan fingerprint density at radius 1 is 1.06 bits per heavy atom. The summed E-state index contributed by atoms with van der Waals surface area (Å²) < 4.78 is 14.4. The fourth-order valence-electron chi connectivity index (χ4n) is 4.27. The van der Waals surface area contributed by atoms with Gasteiger partial charge in [0.1, 0.15) is 11.9 Å². The highest BCUT2D eigenvalue weighted by atomic mass is 127. The lowest BCUT2D eigenvalue weighted by Gasteiger charge is -2.28. The van der Waals surface area contributed by atoms with Gasteiger partial charge in [-0.2, -0.15) is 0 Å². The summed E-state index contributed by atoms with van der Waals surface area (Å²) in [6.07, 6.45) is 7.13. The number of halogens is 2. The largest absolute Gasteiger partial charge is 0.326 e. The van der Waals surface area contributed by atoms with Gasteiger partial charge in [0, 0.05) is 15.7 Å². The zero-order valence-corrected chi connectivity index (χ0v) is 19.8. The number of rotatable bonds is 6. The van der Waals surface area contributed by atoms with E-state index in [9.17, 15) is 18.8 Å². The van der Waals surface area contributed by atoms with Gasteiger partial charge in [-0.15, -0.1) is 0 Å². The van der Waals surface area contributed by atoms with Crippen molar-refractivity contribution in [2.75, 3.05) is 11.4 Å². The summed E-state index contributed by atoms with van der Waals surface area (Å²) in [5, 5.41) is 0. The van der Waals surface area contributed by atoms with Crippen molar-refractivity contribution in [2.24, 2.45) is 0 Å². The topological polar surface area (TPSA) is 57.7 Å². The van der Waals surface area contributed by atoms with Gasteiger partial charge < -0.3 is 4.90 Å². The molecule has 0 bridgehead atoms. The lowest BCUT2D eigenvalue weighted by atomic mass is 9.96. The third-order valence-corrected chi connectivity index (χ3v) is 6.71. The summed E-state index contributed by atoms with van der Waals surface area (Å²) in [6, 6.07) is 11.6. The number of anilines is 1. The molecule has 7 heteroatoms. The van der Waals surface area contributed by atoms with E-state index in [0.29, 0.717) is 24.2 Å². The maximum Gasteiger partial charge on any atom is 0.257 e. The molecule has 1 saturated heterocycles. The van der Waals surface area contributed by atoms with Gasteiger partial charge in [-0.1, -0.05) is 11.6 Å².